The minimum Gasteiger partial charge on any atom is -0.393 e. The number of sulfonamides is 1. The van der Waals surface area contributed by atoms with Gasteiger partial charge in [-0.25, -0.2) is 12.7 Å². The van der Waals surface area contributed by atoms with Gasteiger partial charge < -0.3 is 5.11 Å². The van der Waals surface area contributed by atoms with Gasteiger partial charge >= 0.3 is 0 Å². The molecule has 0 unspecified atom stereocenters. The van der Waals surface area contributed by atoms with Crippen molar-refractivity contribution in [3.63, 3.8) is 0 Å². The minimum absolute atomic E-state index is 0.0425. The van der Waals surface area contributed by atoms with Crippen molar-refractivity contribution in [3.05, 3.63) is 33.9 Å². The lowest BCUT2D eigenvalue weighted by Crippen LogP contribution is -2.39. The van der Waals surface area contributed by atoms with Crippen LogP contribution in [-0.2, 0) is 10.0 Å². The molecule has 0 bridgehead atoms. The third-order valence-electron chi connectivity index (χ3n) is 3.80. The molecule has 1 aliphatic carbocycles. The molecule has 0 spiro atoms. The van der Waals surface area contributed by atoms with Crippen LogP contribution in [0.25, 0.3) is 0 Å². The molecule has 1 N–H and O–H groups in total. The van der Waals surface area contributed by atoms with E-state index in [1.165, 1.54) is 23.5 Å². The number of benzene rings is 1. The summed E-state index contributed by atoms with van der Waals surface area (Å²) in [4.78, 5) is 10.1. The molecule has 0 heterocycles. The summed E-state index contributed by atoms with van der Waals surface area (Å²) >= 11 is 0. The Morgan fingerprint density at radius 2 is 2.05 bits per heavy atom. The number of aliphatic hydroxyl groups is 1. The fraction of sp³-hybridized carbons (Fsp3) is 0.538. The summed E-state index contributed by atoms with van der Waals surface area (Å²) in [7, 11) is -2.31. The van der Waals surface area contributed by atoms with Gasteiger partial charge in [-0.2, -0.15) is 0 Å². The van der Waals surface area contributed by atoms with Crippen LogP contribution < -0.4 is 0 Å². The van der Waals surface area contributed by atoms with Gasteiger partial charge in [0.05, 0.1) is 15.9 Å². The van der Waals surface area contributed by atoms with Crippen LogP contribution in [0.15, 0.2) is 23.1 Å². The first-order valence-electron chi connectivity index (χ1n) is 6.61. The van der Waals surface area contributed by atoms with Crippen molar-refractivity contribution in [1.82, 2.24) is 4.31 Å². The van der Waals surface area contributed by atoms with Gasteiger partial charge in [0, 0.05) is 25.7 Å². The molecule has 0 saturated heterocycles. The molecule has 1 aromatic rings. The molecule has 0 atom stereocenters. The second-order valence-electron chi connectivity index (χ2n) is 5.48. The van der Waals surface area contributed by atoms with E-state index < -0.39 is 14.9 Å². The highest BCUT2D eigenvalue weighted by Crippen LogP contribution is 2.30. The standard InChI is InChI=1S/C13H18N2O5S/c1-9-3-4-11(15(17)18)7-13(9)21(19,20)14(2)8-10-5-12(16)6-10/h3-4,7,10,12,16H,5-6,8H2,1-2H3. The Balaban J connectivity index is 2.26. The molecule has 1 fully saturated rings. The zero-order chi connectivity index (χ0) is 15.8. The van der Waals surface area contributed by atoms with Gasteiger partial charge in [-0.15, -0.1) is 0 Å². The summed E-state index contributed by atoms with van der Waals surface area (Å²) in [5.74, 6) is 0.138. The fourth-order valence-electron chi connectivity index (χ4n) is 2.46. The number of nitro groups is 1. The van der Waals surface area contributed by atoms with Crippen LogP contribution in [0.1, 0.15) is 18.4 Å². The van der Waals surface area contributed by atoms with Crippen LogP contribution >= 0.6 is 0 Å². The first-order valence-corrected chi connectivity index (χ1v) is 8.05. The van der Waals surface area contributed by atoms with E-state index in [1.54, 1.807) is 6.92 Å². The number of aryl methyl sites for hydroxylation is 1. The van der Waals surface area contributed by atoms with E-state index in [1.807, 2.05) is 0 Å². The number of non-ortho nitro benzene ring substituents is 1. The normalized spacial score (nSPS) is 22.1. The molecule has 1 saturated carbocycles. The smallest absolute Gasteiger partial charge is 0.270 e. The average Bonchev–Trinajstić information content (AvgIpc) is 2.36. The number of rotatable bonds is 5. The van der Waals surface area contributed by atoms with Gasteiger partial charge in [0.2, 0.25) is 10.0 Å². The summed E-state index contributed by atoms with van der Waals surface area (Å²) in [6.07, 6.45) is 0.840. The van der Waals surface area contributed by atoms with E-state index in [2.05, 4.69) is 0 Å². The third kappa shape index (κ3) is 3.22. The number of nitro benzene ring substituents is 1. The number of nitrogens with zero attached hydrogens (tertiary/aromatic N) is 2. The summed E-state index contributed by atoms with van der Waals surface area (Å²) < 4.78 is 26.3. The minimum atomic E-state index is -3.77. The Morgan fingerprint density at radius 1 is 1.43 bits per heavy atom. The topological polar surface area (TPSA) is 101 Å². The number of hydrogen-bond acceptors (Lipinski definition) is 5. The highest BCUT2D eigenvalue weighted by Gasteiger charge is 2.32. The summed E-state index contributed by atoms with van der Waals surface area (Å²) in [5.41, 5.74) is 0.229. The second kappa shape index (κ2) is 5.70. The van der Waals surface area contributed by atoms with Gasteiger partial charge in [-0.05, 0) is 31.2 Å². The predicted molar refractivity (Wildman–Crippen MR) is 76.4 cm³/mol. The predicted octanol–water partition coefficient (Wildman–Crippen LogP) is 1.29. The molecule has 0 radical (unpaired) electrons. The molecule has 0 aliphatic heterocycles. The molecule has 1 aromatic carbocycles. The molecule has 0 amide bonds. The van der Waals surface area contributed by atoms with E-state index >= 15 is 0 Å². The molecule has 116 valence electrons. The van der Waals surface area contributed by atoms with Gasteiger partial charge in [-0.1, -0.05) is 6.07 Å². The van der Waals surface area contributed by atoms with Crippen LogP contribution in [0.5, 0.6) is 0 Å². The van der Waals surface area contributed by atoms with E-state index in [0.29, 0.717) is 24.9 Å². The van der Waals surface area contributed by atoms with Crippen LogP contribution in [-0.4, -0.2) is 42.4 Å². The van der Waals surface area contributed by atoms with Crippen LogP contribution in [0, 0.1) is 23.0 Å². The highest BCUT2D eigenvalue weighted by molar-refractivity contribution is 7.89. The molecular weight excluding hydrogens is 296 g/mol. The van der Waals surface area contributed by atoms with Gasteiger partial charge in [0.15, 0.2) is 0 Å². The molecule has 7 nitrogen and oxygen atoms in total. The molecule has 2 rings (SSSR count). The Hall–Kier alpha value is -1.51. The first-order chi connectivity index (χ1) is 9.71. The van der Waals surface area contributed by atoms with E-state index in [4.69, 9.17) is 0 Å². The largest absolute Gasteiger partial charge is 0.393 e. The van der Waals surface area contributed by atoms with E-state index in [-0.39, 0.29) is 22.6 Å². The summed E-state index contributed by atoms with van der Waals surface area (Å²) in [6, 6.07) is 3.82. The lowest BCUT2D eigenvalue weighted by Gasteiger charge is -2.34. The lowest BCUT2D eigenvalue weighted by molar-refractivity contribution is -0.385. The zero-order valence-electron chi connectivity index (χ0n) is 11.9. The maximum atomic E-state index is 12.5. The SMILES string of the molecule is Cc1ccc([N+](=O)[O-])cc1S(=O)(=O)N(C)CC1CC(O)C1. The van der Waals surface area contributed by atoms with Gasteiger partial charge in [-0.3, -0.25) is 10.1 Å². The van der Waals surface area contributed by atoms with Crippen molar-refractivity contribution < 1.29 is 18.4 Å². The van der Waals surface area contributed by atoms with Crippen molar-refractivity contribution >= 4 is 15.7 Å². The van der Waals surface area contributed by atoms with Crippen molar-refractivity contribution in [2.45, 2.75) is 30.8 Å². The Morgan fingerprint density at radius 3 is 2.57 bits per heavy atom. The van der Waals surface area contributed by atoms with Crippen molar-refractivity contribution in [1.29, 1.82) is 0 Å². The molecule has 21 heavy (non-hydrogen) atoms. The van der Waals surface area contributed by atoms with E-state index in [9.17, 15) is 23.6 Å². The Bertz CT molecular complexity index is 653. The molecule has 8 heteroatoms. The fourth-order valence-corrected chi connectivity index (χ4v) is 3.95. The first kappa shape index (κ1) is 15.9. The van der Waals surface area contributed by atoms with Crippen LogP contribution in [0.2, 0.25) is 0 Å². The van der Waals surface area contributed by atoms with E-state index in [0.717, 1.165) is 6.07 Å². The molecule has 1 aliphatic rings. The maximum Gasteiger partial charge on any atom is 0.270 e. The second-order valence-corrected chi connectivity index (χ2v) is 7.50. The highest BCUT2D eigenvalue weighted by atomic mass is 32.2. The summed E-state index contributed by atoms with van der Waals surface area (Å²) in [6.45, 7) is 1.92. The number of hydrogen-bond donors (Lipinski definition) is 1. The molecule has 0 aromatic heterocycles. The van der Waals surface area contributed by atoms with Crippen molar-refractivity contribution in [2.24, 2.45) is 5.92 Å². The summed E-state index contributed by atoms with van der Waals surface area (Å²) in [5, 5.41) is 20.0. The van der Waals surface area contributed by atoms with Crippen LogP contribution in [0.3, 0.4) is 0 Å². The van der Waals surface area contributed by atoms with Gasteiger partial charge in [0.25, 0.3) is 5.69 Å². The average molecular weight is 314 g/mol. The Kier molecular flexibility index (Phi) is 4.31. The zero-order valence-corrected chi connectivity index (χ0v) is 12.7. The molecular formula is C13H18N2O5S. The van der Waals surface area contributed by atoms with Gasteiger partial charge in [0.1, 0.15) is 0 Å². The quantitative estimate of drug-likeness (QED) is 0.652. The monoisotopic (exact) mass is 314 g/mol. The Labute approximate surface area is 123 Å². The third-order valence-corrected chi connectivity index (χ3v) is 5.76. The number of aliphatic hydroxyl groups excluding tert-OH is 1. The van der Waals surface area contributed by atoms with Crippen molar-refractivity contribution in [3.8, 4) is 0 Å². The maximum absolute atomic E-state index is 12.5. The lowest BCUT2D eigenvalue weighted by atomic mass is 9.82. The van der Waals surface area contributed by atoms with Crippen LogP contribution in [0.4, 0.5) is 5.69 Å². The van der Waals surface area contributed by atoms with Crippen molar-refractivity contribution in [2.75, 3.05) is 13.6 Å².